The molecule has 31 heavy (non-hydrogen) atoms. The standard InChI is InChI=1S/C21H22Br6O4/c1-21(2,11-3-15(24)19(16(25)4-11)30-9-13(23)8-28)12-5-17(26)20(18(27)6-12)31-10-14(29)7-22/h3-6,13-14,28-29H,7-10H2,1-2H3. The van der Waals surface area contributed by atoms with Gasteiger partial charge in [-0.25, -0.2) is 0 Å². The average Bonchev–Trinajstić information content (AvgIpc) is 2.71. The molecule has 0 bridgehead atoms. The quantitative estimate of drug-likeness (QED) is 0.247. The molecule has 0 saturated heterocycles. The summed E-state index contributed by atoms with van der Waals surface area (Å²) in [7, 11) is 0. The molecule has 172 valence electrons. The van der Waals surface area contributed by atoms with Crippen LogP contribution in [0.15, 0.2) is 42.2 Å². The number of aliphatic hydroxyl groups is 2. The lowest BCUT2D eigenvalue weighted by molar-refractivity contribution is 0.126. The van der Waals surface area contributed by atoms with Gasteiger partial charge in [-0.05, 0) is 99.1 Å². The Morgan fingerprint density at radius 1 is 0.839 bits per heavy atom. The normalized spacial score (nSPS) is 13.7. The van der Waals surface area contributed by atoms with Crippen molar-refractivity contribution in [1.82, 2.24) is 0 Å². The summed E-state index contributed by atoms with van der Waals surface area (Å²) in [5.74, 6) is 1.34. The first kappa shape index (κ1) is 28.1. The highest BCUT2D eigenvalue weighted by Gasteiger charge is 2.27. The molecule has 0 aliphatic carbocycles. The zero-order chi connectivity index (χ0) is 23.3. The van der Waals surface area contributed by atoms with Crippen molar-refractivity contribution < 1.29 is 19.7 Å². The molecule has 2 N–H and O–H groups in total. The molecule has 0 saturated carbocycles. The van der Waals surface area contributed by atoms with E-state index >= 15 is 0 Å². The van der Waals surface area contributed by atoms with Crippen molar-refractivity contribution in [1.29, 1.82) is 0 Å². The molecule has 0 radical (unpaired) electrons. The minimum atomic E-state index is -0.581. The lowest BCUT2D eigenvalue weighted by atomic mass is 9.78. The Morgan fingerprint density at radius 3 is 1.58 bits per heavy atom. The maximum absolute atomic E-state index is 9.75. The van der Waals surface area contributed by atoms with Crippen molar-refractivity contribution >= 4 is 95.6 Å². The van der Waals surface area contributed by atoms with E-state index < -0.39 is 6.10 Å². The number of alkyl halides is 2. The Balaban J connectivity index is 2.34. The Labute approximate surface area is 233 Å². The molecular formula is C21H22Br6O4. The third kappa shape index (κ3) is 7.41. The van der Waals surface area contributed by atoms with Crippen molar-refractivity contribution in [3.05, 3.63) is 53.3 Å². The molecule has 4 nitrogen and oxygen atoms in total. The molecule has 2 aromatic carbocycles. The Kier molecular flexibility index (Phi) is 11.3. The molecule has 2 atom stereocenters. The lowest BCUT2D eigenvalue weighted by Crippen LogP contribution is -2.21. The third-order valence-electron chi connectivity index (χ3n) is 4.64. The second-order valence-corrected chi connectivity index (χ2v) is 12.7. The first-order valence-corrected chi connectivity index (χ1v) is 14.5. The van der Waals surface area contributed by atoms with Gasteiger partial charge in [0.15, 0.2) is 0 Å². The predicted molar refractivity (Wildman–Crippen MR) is 146 cm³/mol. The van der Waals surface area contributed by atoms with Crippen LogP contribution in [0, 0.1) is 0 Å². The SMILES string of the molecule is CC(C)(c1cc(Br)c(OCC(O)CBr)c(Br)c1)c1cc(Br)c(OCC(Br)CO)c(Br)c1. The van der Waals surface area contributed by atoms with Crippen LogP contribution in [0.25, 0.3) is 0 Å². The van der Waals surface area contributed by atoms with Crippen molar-refractivity contribution in [3.8, 4) is 11.5 Å². The highest BCUT2D eigenvalue weighted by atomic mass is 79.9. The van der Waals surface area contributed by atoms with Crippen LogP contribution in [0.4, 0.5) is 0 Å². The topological polar surface area (TPSA) is 58.9 Å². The van der Waals surface area contributed by atoms with Gasteiger partial charge in [-0.15, -0.1) is 0 Å². The zero-order valence-electron chi connectivity index (χ0n) is 16.8. The van der Waals surface area contributed by atoms with E-state index in [-0.39, 0.29) is 23.5 Å². The van der Waals surface area contributed by atoms with Crippen LogP contribution in [0.3, 0.4) is 0 Å². The van der Waals surface area contributed by atoms with E-state index in [1.54, 1.807) is 0 Å². The van der Waals surface area contributed by atoms with Gasteiger partial charge >= 0.3 is 0 Å². The molecule has 0 heterocycles. The van der Waals surface area contributed by atoms with Crippen LogP contribution in [0.5, 0.6) is 11.5 Å². The molecule has 0 aliphatic rings. The first-order valence-electron chi connectivity index (χ1n) is 9.24. The summed E-state index contributed by atoms with van der Waals surface area (Å²) in [6.07, 6.45) is -0.581. The van der Waals surface area contributed by atoms with Gasteiger partial charge in [0.25, 0.3) is 0 Å². The van der Waals surface area contributed by atoms with Crippen LogP contribution in [-0.4, -0.2) is 46.3 Å². The maximum Gasteiger partial charge on any atom is 0.147 e. The second kappa shape index (κ2) is 12.5. The Hall–Kier alpha value is 0.840. The van der Waals surface area contributed by atoms with Crippen LogP contribution in [-0.2, 0) is 5.41 Å². The molecule has 10 heteroatoms. The maximum atomic E-state index is 9.75. The van der Waals surface area contributed by atoms with E-state index in [2.05, 4.69) is 109 Å². The highest BCUT2D eigenvalue weighted by Crippen LogP contribution is 2.44. The largest absolute Gasteiger partial charge is 0.490 e. The molecule has 0 aliphatic heterocycles. The minimum Gasteiger partial charge on any atom is -0.490 e. The fraction of sp³-hybridized carbons (Fsp3) is 0.429. The molecule has 0 fully saturated rings. The van der Waals surface area contributed by atoms with Gasteiger partial charge in [-0.3, -0.25) is 0 Å². The van der Waals surface area contributed by atoms with E-state index in [9.17, 15) is 10.2 Å². The molecule has 2 unspecified atom stereocenters. The van der Waals surface area contributed by atoms with Gasteiger partial charge in [-0.1, -0.05) is 45.7 Å². The van der Waals surface area contributed by atoms with Crippen molar-refractivity contribution in [2.24, 2.45) is 0 Å². The van der Waals surface area contributed by atoms with Gasteiger partial charge < -0.3 is 19.7 Å². The smallest absolute Gasteiger partial charge is 0.147 e. The number of ether oxygens (including phenoxy) is 2. The van der Waals surface area contributed by atoms with Crippen molar-refractivity contribution in [3.63, 3.8) is 0 Å². The molecule has 0 amide bonds. The predicted octanol–water partition coefficient (Wildman–Crippen LogP) is 7.33. The summed E-state index contributed by atoms with van der Waals surface area (Å²) in [5.41, 5.74) is 1.83. The first-order chi connectivity index (χ1) is 14.5. The van der Waals surface area contributed by atoms with Crippen molar-refractivity contribution in [2.75, 3.05) is 25.2 Å². The third-order valence-corrected chi connectivity index (χ3v) is 8.30. The summed E-state index contributed by atoms with van der Waals surface area (Å²) < 4.78 is 14.9. The highest BCUT2D eigenvalue weighted by molar-refractivity contribution is 9.11. The summed E-state index contributed by atoms with van der Waals surface area (Å²) in [4.78, 5) is -0.131. The van der Waals surface area contributed by atoms with E-state index in [0.29, 0.717) is 23.4 Å². The number of benzene rings is 2. The van der Waals surface area contributed by atoms with E-state index in [1.165, 1.54) is 0 Å². The van der Waals surface area contributed by atoms with Crippen LogP contribution in [0.1, 0.15) is 25.0 Å². The van der Waals surface area contributed by atoms with Crippen LogP contribution < -0.4 is 9.47 Å². The molecule has 0 aromatic heterocycles. The van der Waals surface area contributed by atoms with Gasteiger partial charge in [0, 0.05) is 10.7 Å². The number of aliphatic hydroxyl groups excluding tert-OH is 2. The summed E-state index contributed by atoms with van der Waals surface area (Å²) in [6, 6.07) is 8.15. The van der Waals surface area contributed by atoms with E-state index in [4.69, 9.17) is 9.47 Å². The summed E-state index contributed by atoms with van der Waals surface area (Å²) in [6.45, 7) is 4.83. The van der Waals surface area contributed by atoms with Gasteiger partial charge in [0.2, 0.25) is 0 Å². The van der Waals surface area contributed by atoms with Gasteiger partial charge in [0.05, 0.1) is 35.4 Å². The number of halogens is 6. The fourth-order valence-corrected chi connectivity index (χ4v) is 5.88. The number of hydrogen-bond donors (Lipinski definition) is 2. The second-order valence-electron chi connectivity index (χ2n) is 7.37. The number of rotatable bonds is 10. The van der Waals surface area contributed by atoms with Crippen LogP contribution in [0.2, 0.25) is 0 Å². The average molecular weight is 818 g/mol. The minimum absolute atomic E-state index is 0.00110. The summed E-state index contributed by atoms with van der Waals surface area (Å²) in [5, 5.41) is 19.4. The van der Waals surface area contributed by atoms with E-state index in [0.717, 1.165) is 29.0 Å². The Bertz CT molecular complexity index is 788. The zero-order valence-corrected chi connectivity index (χ0v) is 26.3. The summed E-state index contributed by atoms with van der Waals surface area (Å²) >= 11 is 21.0. The van der Waals surface area contributed by atoms with Crippen molar-refractivity contribution in [2.45, 2.75) is 30.2 Å². The molecule has 2 aromatic rings. The van der Waals surface area contributed by atoms with Gasteiger partial charge in [-0.2, -0.15) is 0 Å². The monoisotopic (exact) mass is 812 g/mol. The Morgan fingerprint density at radius 2 is 1.23 bits per heavy atom. The molecule has 0 spiro atoms. The number of hydrogen-bond acceptors (Lipinski definition) is 4. The molecular weight excluding hydrogens is 796 g/mol. The van der Waals surface area contributed by atoms with Gasteiger partial charge in [0.1, 0.15) is 24.7 Å². The lowest BCUT2D eigenvalue weighted by Gasteiger charge is -2.28. The van der Waals surface area contributed by atoms with Crippen LogP contribution >= 0.6 is 95.6 Å². The van der Waals surface area contributed by atoms with E-state index in [1.807, 2.05) is 24.3 Å². The molecule has 2 rings (SSSR count). The fourth-order valence-electron chi connectivity index (χ4n) is 2.73.